The second-order valence-electron chi connectivity index (χ2n) is 7.96. The van der Waals surface area contributed by atoms with Crippen LogP contribution in [0.1, 0.15) is 46.0 Å². The smallest absolute Gasteiger partial charge is 0.0207 e. The third-order valence-electron chi connectivity index (χ3n) is 8.45. The summed E-state index contributed by atoms with van der Waals surface area (Å²) in [6.07, 6.45) is 8.15. The minimum atomic E-state index is 0.841. The zero-order valence-corrected chi connectivity index (χ0v) is 10.7. The minimum absolute atomic E-state index is 0.841. The molecule has 0 heterocycles. The zero-order valence-electron chi connectivity index (χ0n) is 10.7. The standard InChI is InChI=1S/C16H24/c1-8-11-4-3-10-7-16(8)9(2)12-6-15(16)14(11)5-13(10)12/h8-15H,3-7H2,1-2H3. The Morgan fingerprint density at radius 1 is 0.812 bits per heavy atom. The quantitative estimate of drug-likeness (QED) is 0.575. The van der Waals surface area contributed by atoms with E-state index in [2.05, 4.69) is 13.8 Å². The summed E-state index contributed by atoms with van der Waals surface area (Å²) in [5, 5.41) is 0. The molecule has 6 saturated carbocycles. The van der Waals surface area contributed by atoms with Gasteiger partial charge in [0, 0.05) is 0 Å². The predicted molar refractivity (Wildman–Crippen MR) is 64.8 cm³/mol. The van der Waals surface area contributed by atoms with E-state index < -0.39 is 0 Å². The first-order valence-corrected chi connectivity index (χ1v) is 7.73. The van der Waals surface area contributed by atoms with E-state index in [1.165, 1.54) is 17.8 Å². The molecule has 6 aliphatic carbocycles. The lowest BCUT2D eigenvalue weighted by molar-refractivity contribution is -0.00330. The van der Waals surface area contributed by atoms with Crippen LogP contribution in [0.2, 0.25) is 0 Å². The first-order valence-electron chi connectivity index (χ1n) is 7.73. The lowest BCUT2D eigenvalue weighted by atomic mass is 9.56. The van der Waals surface area contributed by atoms with Crippen LogP contribution < -0.4 is 0 Å². The van der Waals surface area contributed by atoms with Gasteiger partial charge < -0.3 is 0 Å². The van der Waals surface area contributed by atoms with Gasteiger partial charge in [0.25, 0.3) is 0 Å². The van der Waals surface area contributed by atoms with E-state index >= 15 is 0 Å². The molecule has 7 bridgehead atoms. The molecule has 0 N–H and O–H groups in total. The molecule has 0 heteroatoms. The fourth-order valence-corrected chi connectivity index (χ4v) is 8.08. The molecule has 0 radical (unpaired) electrons. The average Bonchev–Trinajstić information content (AvgIpc) is 2.52. The molecule has 0 saturated heterocycles. The maximum absolute atomic E-state index is 2.64. The van der Waals surface area contributed by atoms with Gasteiger partial charge >= 0.3 is 0 Å². The SMILES string of the molecule is CC1C2CC3C4CC2C2CCC4C(C)C13C2. The summed E-state index contributed by atoms with van der Waals surface area (Å²) >= 11 is 0. The summed E-state index contributed by atoms with van der Waals surface area (Å²) in [7, 11) is 0. The van der Waals surface area contributed by atoms with E-state index in [0.717, 1.165) is 35.0 Å². The molecule has 1 spiro atoms. The van der Waals surface area contributed by atoms with Crippen molar-refractivity contribution in [1.82, 2.24) is 0 Å². The Hall–Kier alpha value is 0. The lowest BCUT2D eigenvalue weighted by Crippen LogP contribution is -2.42. The van der Waals surface area contributed by atoms with Gasteiger partial charge in [0.2, 0.25) is 0 Å². The normalized spacial score (nSPS) is 73.9. The third-order valence-corrected chi connectivity index (χ3v) is 8.45. The van der Waals surface area contributed by atoms with Crippen molar-refractivity contribution in [3.63, 3.8) is 0 Å². The van der Waals surface area contributed by atoms with Crippen molar-refractivity contribution in [2.24, 2.45) is 52.8 Å². The Kier molecular flexibility index (Phi) is 1.35. The molecule has 88 valence electrons. The summed E-state index contributed by atoms with van der Waals surface area (Å²) in [5.74, 6) is 9.14. The van der Waals surface area contributed by atoms with Crippen molar-refractivity contribution >= 4 is 0 Å². The Bertz CT molecular complexity index is 357. The number of rotatable bonds is 0. The lowest BCUT2D eigenvalue weighted by Gasteiger charge is -2.48. The summed E-state index contributed by atoms with van der Waals surface area (Å²) in [4.78, 5) is 0. The monoisotopic (exact) mass is 216 g/mol. The van der Waals surface area contributed by atoms with Gasteiger partial charge in [-0.2, -0.15) is 0 Å². The van der Waals surface area contributed by atoms with E-state index in [1.54, 1.807) is 32.1 Å². The molecule has 9 unspecified atom stereocenters. The van der Waals surface area contributed by atoms with Gasteiger partial charge in [-0.15, -0.1) is 0 Å². The molecule has 16 heavy (non-hydrogen) atoms. The maximum atomic E-state index is 2.64. The van der Waals surface area contributed by atoms with Gasteiger partial charge in [0.1, 0.15) is 0 Å². The number of hydrogen-bond donors (Lipinski definition) is 0. The molecule has 6 rings (SSSR count). The highest BCUT2D eigenvalue weighted by Gasteiger charge is 2.73. The summed E-state index contributed by atoms with van der Waals surface area (Å²) in [6, 6.07) is 0. The highest BCUT2D eigenvalue weighted by molar-refractivity contribution is 5.21. The number of fused-ring (bicyclic) bond motifs is 1. The van der Waals surface area contributed by atoms with Gasteiger partial charge in [-0.05, 0) is 84.9 Å². The molecule has 0 aliphatic heterocycles. The summed E-state index contributed by atoms with van der Waals surface area (Å²) in [5.41, 5.74) is 0.841. The fourth-order valence-electron chi connectivity index (χ4n) is 8.08. The van der Waals surface area contributed by atoms with E-state index in [-0.39, 0.29) is 0 Å². The van der Waals surface area contributed by atoms with Crippen molar-refractivity contribution < 1.29 is 0 Å². The van der Waals surface area contributed by atoms with Gasteiger partial charge in [-0.3, -0.25) is 0 Å². The predicted octanol–water partition coefficient (Wildman–Crippen LogP) is 3.96. The van der Waals surface area contributed by atoms with Gasteiger partial charge in [-0.25, -0.2) is 0 Å². The van der Waals surface area contributed by atoms with Crippen LogP contribution in [-0.4, -0.2) is 0 Å². The van der Waals surface area contributed by atoms with Crippen molar-refractivity contribution in [3.05, 3.63) is 0 Å². The van der Waals surface area contributed by atoms with Crippen molar-refractivity contribution in [1.29, 1.82) is 0 Å². The van der Waals surface area contributed by atoms with Crippen LogP contribution in [0, 0.1) is 52.8 Å². The van der Waals surface area contributed by atoms with Crippen molar-refractivity contribution in [3.8, 4) is 0 Å². The van der Waals surface area contributed by atoms with Crippen LogP contribution in [-0.2, 0) is 0 Å². The van der Waals surface area contributed by atoms with Crippen LogP contribution in [0.15, 0.2) is 0 Å². The first-order chi connectivity index (χ1) is 7.73. The van der Waals surface area contributed by atoms with Gasteiger partial charge in [0.15, 0.2) is 0 Å². The van der Waals surface area contributed by atoms with Crippen LogP contribution in [0.4, 0.5) is 0 Å². The summed E-state index contributed by atoms with van der Waals surface area (Å²) in [6.45, 7) is 5.28. The fraction of sp³-hybridized carbons (Fsp3) is 1.00. The van der Waals surface area contributed by atoms with E-state index in [0.29, 0.717) is 0 Å². The maximum Gasteiger partial charge on any atom is -0.0207 e. The van der Waals surface area contributed by atoms with Crippen LogP contribution in [0.25, 0.3) is 0 Å². The molecule has 0 aromatic carbocycles. The van der Waals surface area contributed by atoms with Crippen molar-refractivity contribution in [2.45, 2.75) is 46.0 Å². The highest BCUT2D eigenvalue weighted by atomic mass is 14.8. The molecule has 0 nitrogen and oxygen atoms in total. The minimum Gasteiger partial charge on any atom is -0.0617 e. The third kappa shape index (κ3) is 0.657. The molecular formula is C16H24. The van der Waals surface area contributed by atoms with Crippen LogP contribution in [0.3, 0.4) is 0 Å². The zero-order chi connectivity index (χ0) is 10.7. The molecule has 6 fully saturated rings. The Morgan fingerprint density at radius 2 is 1.62 bits per heavy atom. The van der Waals surface area contributed by atoms with E-state index in [1.807, 2.05) is 0 Å². The van der Waals surface area contributed by atoms with Crippen molar-refractivity contribution in [2.75, 3.05) is 0 Å². The first kappa shape index (κ1) is 9.00. The molecule has 0 amide bonds. The summed E-state index contributed by atoms with van der Waals surface area (Å²) < 4.78 is 0. The van der Waals surface area contributed by atoms with E-state index in [9.17, 15) is 0 Å². The van der Waals surface area contributed by atoms with E-state index in [4.69, 9.17) is 0 Å². The number of hydrogen-bond acceptors (Lipinski definition) is 0. The molecule has 6 aliphatic rings. The average molecular weight is 216 g/mol. The Morgan fingerprint density at radius 3 is 2.50 bits per heavy atom. The molecular weight excluding hydrogens is 192 g/mol. The molecule has 9 atom stereocenters. The molecule has 0 aromatic heterocycles. The largest absolute Gasteiger partial charge is 0.0617 e. The Labute approximate surface area is 99.2 Å². The van der Waals surface area contributed by atoms with Crippen LogP contribution >= 0.6 is 0 Å². The highest BCUT2D eigenvalue weighted by Crippen LogP contribution is 2.79. The van der Waals surface area contributed by atoms with Crippen LogP contribution in [0.5, 0.6) is 0 Å². The topological polar surface area (TPSA) is 0 Å². The van der Waals surface area contributed by atoms with Gasteiger partial charge in [-0.1, -0.05) is 13.8 Å². The second kappa shape index (κ2) is 2.40. The second-order valence-corrected chi connectivity index (χ2v) is 7.96. The Balaban J connectivity index is 1.82. The van der Waals surface area contributed by atoms with Gasteiger partial charge in [0.05, 0.1) is 0 Å². The molecule has 0 aromatic rings.